The second kappa shape index (κ2) is 7.03. The first kappa shape index (κ1) is 18.1. The lowest BCUT2D eigenvalue weighted by atomic mass is 9.78. The molecule has 4 heterocycles. The molecule has 2 aliphatic heterocycles. The van der Waals surface area contributed by atoms with E-state index in [2.05, 4.69) is 10.1 Å². The highest BCUT2D eigenvalue weighted by molar-refractivity contribution is 7.91. The number of hydrogen-bond acceptors (Lipinski definition) is 7. The van der Waals surface area contributed by atoms with Crippen molar-refractivity contribution in [2.45, 2.75) is 48.8 Å². The van der Waals surface area contributed by atoms with Gasteiger partial charge in [0, 0.05) is 33.0 Å². The van der Waals surface area contributed by atoms with Gasteiger partial charge in [-0.05, 0) is 43.0 Å². The summed E-state index contributed by atoms with van der Waals surface area (Å²) in [5, 5.41) is 5.80. The predicted octanol–water partition coefficient (Wildman–Crippen LogP) is 2.63. The van der Waals surface area contributed by atoms with Crippen LogP contribution in [0.15, 0.2) is 26.2 Å². The quantitative estimate of drug-likeness (QED) is 0.788. The van der Waals surface area contributed by atoms with Gasteiger partial charge < -0.3 is 9.26 Å². The first-order chi connectivity index (χ1) is 12.5. The van der Waals surface area contributed by atoms with Crippen LogP contribution < -0.4 is 0 Å². The molecule has 1 unspecified atom stereocenters. The largest absolute Gasteiger partial charge is 0.375 e. The molecule has 0 radical (unpaired) electrons. The van der Waals surface area contributed by atoms with Gasteiger partial charge in [-0.2, -0.15) is 9.29 Å². The lowest BCUT2D eigenvalue weighted by molar-refractivity contribution is -0.120. The number of nitrogens with zero attached hydrogens (tertiary/aromatic N) is 3. The Kier molecular flexibility index (Phi) is 4.89. The molecule has 4 rings (SSSR count). The molecule has 7 nitrogen and oxygen atoms in total. The summed E-state index contributed by atoms with van der Waals surface area (Å²) in [5.41, 5.74) is -0.219. The summed E-state index contributed by atoms with van der Waals surface area (Å²) in [5.74, 6) is 1.79. The number of aryl methyl sites for hydroxylation is 1. The maximum absolute atomic E-state index is 12.7. The molecule has 142 valence electrons. The van der Waals surface area contributed by atoms with E-state index in [0.29, 0.717) is 35.7 Å². The van der Waals surface area contributed by atoms with Crippen LogP contribution in [0.25, 0.3) is 0 Å². The Morgan fingerprint density at radius 2 is 2.19 bits per heavy atom. The number of aromatic nitrogens is 2. The normalized spacial score (nSPS) is 24.1. The summed E-state index contributed by atoms with van der Waals surface area (Å²) in [4.78, 5) is 4.31. The van der Waals surface area contributed by atoms with Crippen LogP contribution in [0.1, 0.15) is 37.4 Å². The first-order valence-corrected chi connectivity index (χ1v) is 11.3. The van der Waals surface area contributed by atoms with Crippen molar-refractivity contribution in [1.29, 1.82) is 0 Å². The van der Waals surface area contributed by atoms with Crippen LogP contribution in [-0.2, 0) is 21.2 Å². The van der Waals surface area contributed by atoms with E-state index in [-0.39, 0.29) is 5.60 Å². The zero-order valence-corrected chi connectivity index (χ0v) is 16.4. The van der Waals surface area contributed by atoms with Gasteiger partial charge in [0.2, 0.25) is 5.89 Å². The van der Waals surface area contributed by atoms with Gasteiger partial charge in [0.25, 0.3) is 10.0 Å². The molecule has 0 amide bonds. The third kappa shape index (κ3) is 3.58. The van der Waals surface area contributed by atoms with Gasteiger partial charge in [-0.3, -0.25) is 0 Å². The molecule has 2 aromatic rings. The van der Waals surface area contributed by atoms with Gasteiger partial charge in [-0.15, -0.1) is 11.3 Å². The molecule has 2 saturated heterocycles. The first-order valence-electron chi connectivity index (χ1n) is 8.94. The molecule has 0 N–H and O–H groups in total. The highest BCUT2D eigenvalue weighted by Gasteiger charge is 2.43. The number of hydrogen-bond donors (Lipinski definition) is 0. The smallest absolute Gasteiger partial charge is 0.252 e. The van der Waals surface area contributed by atoms with Gasteiger partial charge in [0.1, 0.15) is 4.21 Å². The van der Waals surface area contributed by atoms with Crippen LogP contribution in [0.2, 0.25) is 0 Å². The van der Waals surface area contributed by atoms with E-state index in [0.717, 1.165) is 37.9 Å². The lowest BCUT2D eigenvalue weighted by Gasteiger charge is -2.45. The van der Waals surface area contributed by atoms with Crippen molar-refractivity contribution in [3.8, 4) is 0 Å². The van der Waals surface area contributed by atoms with Crippen LogP contribution in [0.4, 0.5) is 0 Å². The van der Waals surface area contributed by atoms with Gasteiger partial charge in [0.15, 0.2) is 5.82 Å². The Bertz CT molecular complexity index is 839. The lowest BCUT2D eigenvalue weighted by Crippen LogP contribution is -2.50. The molecule has 2 fully saturated rings. The molecule has 1 spiro atoms. The van der Waals surface area contributed by atoms with Gasteiger partial charge in [0.05, 0.1) is 5.60 Å². The van der Waals surface area contributed by atoms with Crippen molar-refractivity contribution in [3.05, 3.63) is 29.2 Å². The minimum Gasteiger partial charge on any atom is -0.375 e. The number of ether oxygens (including phenoxy) is 1. The van der Waals surface area contributed by atoms with Gasteiger partial charge in [-0.25, -0.2) is 8.42 Å². The Hall–Kier alpha value is -1.29. The standard InChI is InChI=1S/C17H23N3O4S2/c1-13-18-15(19-24-13)11-14-4-9-23-17(12-14)5-7-20(8-6-17)26(21,22)16-3-2-10-25-16/h2-3,10,14H,4-9,11-12H2,1H3. The minimum atomic E-state index is -3.37. The fourth-order valence-electron chi connectivity index (χ4n) is 4.01. The number of thiophene rings is 1. The van der Waals surface area contributed by atoms with Crippen molar-refractivity contribution in [2.75, 3.05) is 19.7 Å². The third-order valence-electron chi connectivity index (χ3n) is 5.36. The van der Waals surface area contributed by atoms with Crippen molar-refractivity contribution in [2.24, 2.45) is 5.92 Å². The average Bonchev–Trinajstić information content (AvgIpc) is 3.28. The monoisotopic (exact) mass is 397 g/mol. The highest BCUT2D eigenvalue weighted by atomic mass is 32.2. The predicted molar refractivity (Wildman–Crippen MR) is 96.5 cm³/mol. The van der Waals surface area contributed by atoms with Crippen LogP contribution >= 0.6 is 11.3 Å². The van der Waals surface area contributed by atoms with Crippen LogP contribution in [0, 0.1) is 12.8 Å². The number of rotatable bonds is 4. The van der Waals surface area contributed by atoms with Crippen molar-refractivity contribution < 1.29 is 17.7 Å². The SMILES string of the molecule is Cc1nc(CC2CCOC3(CCN(S(=O)(=O)c4cccs4)CC3)C2)no1. The summed E-state index contributed by atoms with van der Waals surface area (Å²) in [6.07, 6.45) is 4.17. The summed E-state index contributed by atoms with van der Waals surface area (Å²) in [6.45, 7) is 3.52. The van der Waals surface area contributed by atoms with E-state index in [1.165, 1.54) is 11.3 Å². The van der Waals surface area contributed by atoms with Crippen LogP contribution in [0.3, 0.4) is 0 Å². The molecule has 0 bridgehead atoms. The average molecular weight is 398 g/mol. The van der Waals surface area contributed by atoms with Crippen molar-refractivity contribution >= 4 is 21.4 Å². The molecule has 0 saturated carbocycles. The Balaban J connectivity index is 1.40. The fraction of sp³-hybridized carbons (Fsp3) is 0.647. The zero-order chi connectivity index (χ0) is 18.2. The van der Waals surface area contributed by atoms with E-state index in [9.17, 15) is 8.42 Å². The second-order valence-corrected chi connectivity index (χ2v) is 10.3. The Labute approximate surface area is 157 Å². The molecular formula is C17H23N3O4S2. The molecule has 2 aromatic heterocycles. The molecular weight excluding hydrogens is 374 g/mol. The summed E-state index contributed by atoms with van der Waals surface area (Å²) < 4.78 is 38.6. The minimum absolute atomic E-state index is 0.219. The molecule has 26 heavy (non-hydrogen) atoms. The van der Waals surface area contributed by atoms with E-state index in [1.54, 1.807) is 28.7 Å². The number of piperidine rings is 1. The van der Waals surface area contributed by atoms with Crippen LogP contribution in [-0.4, -0.2) is 48.2 Å². The zero-order valence-electron chi connectivity index (χ0n) is 14.8. The molecule has 9 heteroatoms. The van der Waals surface area contributed by atoms with E-state index in [4.69, 9.17) is 9.26 Å². The highest BCUT2D eigenvalue weighted by Crippen LogP contribution is 2.39. The van der Waals surface area contributed by atoms with Crippen molar-refractivity contribution in [3.63, 3.8) is 0 Å². The Morgan fingerprint density at radius 3 is 2.85 bits per heavy atom. The van der Waals surface area contributed by atoms with Crippen LogP contribution in [0.5, 0.6) is 0 Å². The van der Waals surface area contributed by atoms with Gasteiger partial charge in [-0.1, -0.05) is 11.2 Å². The topological polar surface area (TPSA) is 85.5 Å². The maximum atomic E-state index is 12.7. The van der Waals surface area contributed by atoms with E-state index < -0.39 is 10.0 Å². The van der Waals surface area contributed by atoms with E-state index in [1.807, 2.05) is 0 Å². The number of sulfonamides is 1. The molecule has 2 aliphatic rings. The fourth-order valence-corrected chi connectivity index (χ4v) is 6.59. The van der Waals surface area contributed by atoms with Gasteiger partial charge >= 0.3 is 0 Å². The Morgan fingerprint density at radius 1 is 1.38 bits per heavy atom. The third-order valence-corrected chi connectivity index (χ3v) is 8.63. The molecule has 0 aromatic carbocycles. The summed E-state index contributed by atoms with van der Waals surface area (Å²) in [7, 11) is -3.37. The van der Waals surface area contributed by atoms with E-state index >= 15 is 0 Å². The molecule has 0 aliphatic carbocycles. The maximum Gasteiger partial charge on any atom is 0.252 e. The van der Waals surface area contributed by atoms with Crippen molar-refractivity contribution in [1.82, 2.24) is 14.4 Å². The summed E-state index contributed by atoms with van der Waals surface area (Å²) in [6, 6.07) is 3.45. The summed E-state index contributed by atoms with van der Waals surface area (Å²) >= 11 is 1.27. The molecule has 1 atom stereocenters. The second-order valence-electron chi connectivity index (χ2n) is 7.16.